The van der Waals surface area contributed by atoms with Crippen LogP contribution in [-0.2, 0) is 4.79 Å². The van der Waals surface area contributed by atoms with Crippen LogP contribution >= 0.6 is 0 Å². The van der Waals surface area contributed by atoms with E-state index in [1.165, 1.54) is 32.9 Å². The molecule has 130 valence electrons. The highest BCUT2D eigenvalue weighted by Gasteiger charge is 2.32. The van der Waals surface area contributed by atoms with Gasteiger partial charge in [-0.15, -0.1) is 0 Å². The van der Waals surface area contributed by atoms with E-state index in [2.05, 4.69) is 0 Å². The fourth-order valence-corrected chi connectivity index (χ4v) is 2.62. The van der Waals surface area contributed by atoms with E-state index in [0.717, 1.165) is 6.08 Å². The summed E-state index contributed by atoms with van der Waals surface area (Å²) < 4.78 is 0. The number of benzene rings is 1. The van der Waals surface area contributed by atoms with Gasteiger partial charge >= 0.3 is 5.97 Å². The van der Waals surface area contributed by atoms with Gasteiger partial charge in [-0.3, -0.25) is 19.2 Å². The number of carboxylic acid groups (broad SMARTS) is 1. The zero-order valence-corrected chi connectivity index (χ0v) is 13.9. The zero-order chi connectivity index (χ0) is 19.0. The predicted molar refractivity (Wildman–Crippen MR) is 88.7 cm³/mol. The van der Waals surface area contributed by atoms with Crippen molar-refractivity contribution < 1.29 is 29.4 Å². The van der Waals surface area contributed by atoms with E-state index in [0.29, 0.717) is 0 Å². The monoisotopic (exact) mass is 343 g/mol. The van der Waals surface area contributed by atoms with Crippen molar-refractivity contribution in [2.45, 2.75) is 20.8 Å². The first-order valence-corrected chi connectivity index (χ1v) is 7.45. The van der Waals surface area contributed by atoms with Crippen molar-refractivity contribution in [1.82, 2.24) is 0 Å². The molecule has 0 aliphatic heterocycles. The van der Waals surface area contributed by atoms with Gasteiger partial charge in [0.1, 0.15) is 5.75 Å². The van der Waals surface area contributed by atoms with Gasteiger partial charge in [-0.2, -0.15) is 0 Å². The third-order valence-electron chi connectivity index (χ3n) is 4.01. The molecule has 0 bridgehead atoms. The largest absolute Gasteiger partial charge is 0.507 e. The summed E-state index contributed by atoms with van der Waals surface area (Å²) in [5.41, 5.74) is 4.97. The predicted octanol–water partition coefficient (Wildman–Crippen LogP) is 1.77. The molecule has 7 nitrogen and oxygen atoms in total. The zero-order valence-electron chi connectivity index (χ0n) is 13.9. The van der Waals surface area contributed by atoms with Gasteiger partial charge in [0.25, 0.3) is 0 Å². The Labute approximate surface area is 143 Å². The molecule has 0 spiro atoms. The Hall–Kier alpha value is -3.22. The fraction of sp³-hybridized carbons (Fsp3) is 0.222. The lowest BCUT2D eigenvalue weighted by Crippen LogP contribution is -2.25. The number of nitrogens with two attached hydrogens (primary N) is 1. The van der Waals surface area contributed by atoms with Gasteiger partial charge < -0.3 is 15.9 Å². The standard InChI is InChI=1S/C18H17NO6/c1-7(4-9(3)18(24)25)15(21)14-13-10(5-8(2)16(14)22)17(23)11(19)6-12(13)20/h4-6,9,22H,19H2,1-3H3,(H,24,25)/b7-4+/t9-/m0/s1. The maximum absolute atomic E-state index is 12.7. The highest BCUT2D eigenvalue weighted by atomic mass is 16.4. The molecule has 1 aromatic rings. The van der Waals surface area contributed by atoms with E-state index >= 15 is 0 Å². The average molecular weight is 343 g/mol. The van der Waals surface area contributed by atoms with Crippen LogP contribution in [0.3, 0.4) is 0 Å². The fourth-order valence-electron chi connectivity index (χ4n) is 2.62. The summed E-state index contributed by atoms with van der Waals surface area (Å²) in [6.45, 7) is 4.26. The Morgan fingerprint density at radius 2 is 1.88 bits per heavy atom. The quantitative estimate of drug-likeness (QED) is 0.560. The van der Waals surface area contributed by atoms with Crippen LogP contribution in [0.25, 0.3) is 0 Å². The van der Waals surface area contributed by atoms with Gasteiger partial charge in [-0.25, -0.2) is 0 Å². The van der Waals surface area contributed by atoms with E-state index in [4.69, 9.17) is 10.8 Å². The first-order chi connectivity index (χ1) is 11.6. The summed E-state index contributed by atoms with van der Waals surface area (Å²) in [6.07, 6.45) is 2.13. The van der Waals surface area contributed by atoms with Crippen LogP contribution in [0.4, 0.5) is 0 Å². The van der Waals surface area contributed by atoms with E-state index < -0.39 is 35.0 Å². The molecule has 2 rings (SSSR count). The number of carbonyl (C=O) groups excluding carboxylic acids is 3. The summed E-state index contributed by atoms with van der Waals surface area (Å²) in [4.78, 5) is 48.2. The summed E-state index contributed by atoms with van der Waals surface area (Å²) in [5, 5.41) is 19.3. The number of allylic oxidation sites excluding steroid dienone is 3. The van der Waals surface area contributed by atoms with Crippen molar-refractivity contribution in [3.05, 3.63) is 51.7 Å². The molecule has 0 fully saturated rings. The Kier molecular flexibility index (Phi) is 4.60. The molecule has 25 heavy (non-hydrogen) atoms. The van der Waals surface area contributed by atoms with Crippen molar-refractivity contribution in [2.75, 3.05) is 0 Å². The van der Waals surface area contributed by atoms with Gasteiger partial charge in [-0.1, -0.05) is 6.08 Å². The third-order valence-corrected chi connectivity index (χ3v) is 4.01. The Balaban J connectivity index is 2.70. The number of carboxylic acids is 1. The molecule has 1 aliphatic carbocycles. The van der Waals surface area contributed by atoms with Crippen LogP contribution < -0.4 is 5.73 Å². The first-order valence-electron chi connectivity index (χ1n) is 7.45. The molecular formula is C18H17NO6. The van der Waals surface area contributed by atoms with E-state index in [-0.39, 0.29) is 33.5 Å². The Morgan fingerprint density at radius 1 is 1.28 bits per heavy atom. The molecule has 0 unspecified atom stereocenters. The highest BCUT2D eigenvalue weighted by Crippen LogP contribution is 2.34. The number of Topliss-reactive ketones (excluding diaryl/α,β-unsaturated/α-hetero) is 2. The molecule has 0 amide bonds. The minimum Gasteiger partial charge on any atom is -0.507 e. The second-order valence-electron chi connectivity index (χ2n) is 5.94. The number of fused-ring (bicyclic) bond motifs is 1. The minimum absolute atomic E-state index is 0.0424. The second-order valence-corrected chi connectivity index (χ2v) is 5.94. The number of hydrogen-bond acceptors (Lipinski definition) is 6. The van der Waals surface area contributed by atoms with Crippen LogP contribution in [-0.4, -0.2) is 33.5 Å². The number of aliphatic carboxylic acids is 1. The van der Waals surface area contributed by atoms with Crippen molar-refractivity contribution in [2.24, 2.45) is 11.7 Å². The van der Waals surface area contributed by atoms with Gasteiger partial charge in [-0.05, 0) is 38.0 Å². The summed E-state index contributed by atoms with van der Waals surface area (Å²) in [7, 11) is 0. The van der Waals surface area contributed by atoms with E-state index in [9.17, 15) is 24.3 Å². The van der Waals surface area contributed by atoms with E-state index in [1.807, 2.05) is 0 Å². The maximum Gasteiger partial charge on any atom is 0.310 e. The average Bonchev–Trinajstić information content (AvgIpc) is 2.53. The molecule has 0 saturated heterocycles. The van der Waals surface area contributed by atoms with E-state index in [1.54, 1.807) is 0 Å². The molecule has 1 aliphatic rings. The summed E-state index contributed by atoms with van der Waals surface area (Å²) in [5.74, 6) is -4.46. The summed E-state index contributed by atoms with van der Waals surface area (Å²) >= 11 is 0. The number of phenols is 1. The topological polar surface area (TPSA) is 135 Å². The molecular weight excluding hydrogens is 326 g/mol. The molecule has 0 heterocycles. The van der Waals surface area contributed by atoms with Gasteiger partial charge in [0.15, 0.2) is 11.6 Å². The van der Waals surface area contributed by atoms with Crippen LogP contribution in [0.15, 0.2) is 29.5 Å². The summed E-state index contributed by atoms with van der Waals surface area (Å²) in [6, 6.07) is 1.31. The maximum atomic E-state index is 12.7. The minimum atomic E-state index is -1.12. The SMILES string of the molecule is C/C(=C\[C@H](C)C(=O)O)C(=O)c1c(O)c(C)cc2c1C(=O)C=C(N)C2=O. The number of rotatable bonds is 4. The lowest BCUT2D eigenvalue weighted by atomic mass is 9.84. The second kappa shape index (κ2) is 6.35. The molecule has 0 aromatic heterocycles. The van der Waals surface area contributed by atoms with Gasteiger partial charge in [0.2, 0.25) is 5.78 Å². The van der Waals surface area contributed by atoms with Gasteiger partial charge in [0.05, 0.1) is 17.2 Å². The molecule has 7 heteroatoms. The molecule has 4 N–H and O–H groups in total. The number of phenolic OH excluding ortho intramolecular Hbond substituents is 1. The molecule has 0 radical (unpaired) electrons. The van der Waals surface area contributed by atoms with Crippen LogP contribution in [0.2, 0.25) is 0 Å². The molecule has 1 aromatic carbocycles. The Morgan fingerprint density at radius 3 is 2.44 bits per heavy atom. The van der Waals surface area contributed by atoms with Crippen molar-refractivity contribution >= 4 is 23.3 Å². The molecule has 0 saturated carbocycles. The smallest absolute Gasteiger partial charge is 0.310 e. The first kappa shape index (κ1) is 18.1. The van der Waals surface area contributed by atoms with Crippen molar-refractivity contribution in [3.63, 3.8) is 0 Å². The number of hydrogen-bond donors (Lipinski definition) is 3. The number of aromatic hydroxyl groups is 1. The number of carbonyl (C=O) groups is 4. The van der Waals surface area contributed by atoms with Crippen molar-refractivity contribution in [3.8, 4) is 5.75 Å². The molecule has 1 atom stereocenters. The lowest BCUT2D eigenvalue weighted by Gasteiger charge is -2.19. The number of aryl methyl sites for hydroxylation is 1. The third kappa shape index (κ3) is 3.08. The van der Waals surface area contributed by atoms with Crippen LogP contribution in [0.1, 0.15) is 50.5 Å². The normalized spacial score (nSPS) is 15.5. The Bertz CT molecular complexity index is 891. The van der Waals surface area contributed by atoms with Crippen molar-refractivity contribution in [1.29, 1.82) is 0 Å². The van der Waals surface area contributed by atoms with Gasteiger partial charge in [0, 0.05) is 17.2 Å². The lowest BCUT2D eigenvalue weighted by molar-refractivity contribution is -0.139. The van der Waals surface area contributed by atoms with Crippen LogP contribution in [0, 0.1) is 12.8 Å². The van der Waals surface area contributed by atoms with Crippen LogP contribution in [0.5, 0.6) is 5.75 Å². The number of ketones is 3. The highest BCUT2D eigenvalue weighted by molar-refractivity contribution is 6.29.